The van der Waals surface area contributed by atoms with Gasteiger partial charge < -0.3 is 11.1 Å². The Balaban J connectivity index is 3.09. The second-order valence-electron chi connectivity index (χ2n) is 1.43. The lowest BCUT2D eigenvalue weighted by Crippen LogP contribution is -2.30. The Kier molecular flexibility index (Phi) is 3.88. The van der Waals surface area contributed by atoms with E-state index in [-0.39, 0.29) is 6.04 Å². The molecule has 0 radical (unpaired) electrons. The van der Waals surface area contributed by atoms with Crippen LogP contribution in [0.5, 0.6) is 0 Å². The fraction of sp³-hybridized carbons (Fsp3) is 0.400. The van der Waals surface area contributed by atoms with Crippen LogP contribution in [0.3, 0.4) is 0 Å². The topological polar surface area (TPSA) is 55.1 Å². The van der Waals surface area contributed by atoms with E-state index in [9.17, 15) is 4.79 Å². The van der Waals surface area contributed by atoms with Crippen LogP contribution in [-0.4, -0.2) is 19.0 Å². The van der Waals surface area contributed by atoms with Crippen LogP contribution in [0.25, 0.3) is 0 Å². The van der Waals surface area contributed by atoms with Crippen LogP contribution in [0.1, 0.15) is 0 Å². The van der Waals surface area contributed by atoms with Crippen molar-refractivity contribution in [3.8, 4) is 0 Å². The molecule has 0 spiro atoms. The highest BCUT2D eigenvalue weighted by atomic mass is 16.1. The first-order valence-corrected chi connectivity index (χ1v) is 2.36. The number of amides is 1. The summed E-state index contributed by atoms with van der Waals surface area (Å²) < 4.78 is 0. The van der Waals surface area contributed by atoms with E-state index >= 15 is 0 Å². The number of hydrogen-bond acceptors (Lipinski definition) is 2. The highest BCUT2D eigenvalue weighted by Crippen LogP contribution is 1.71. The largest absolute Gasteiger partial charge is 0.357 e. The summed E-state index contributed by atoms with van der Waals surface area (Å²) in [5.41, 5.74) is 5.32. The molecule has 0 aliphatic rings. The first-order chi connectivity index (χ1) is 3.81. The summed E-state index contributed by atoms with van der Waals surface area (Å²) in [4.78, 5) is 9.62. The van der Waals surface area contributed by atoms with Crippen molar-refractivity contribution in [2.75, 3.05) is 6.54 Å². The maximum Gasteiger partial charge on any atom is 0.207 e. The minimum absolute atomic E-state index is 0.125. The molecule has 46 valence electrons. The molecule has 1 amide bonds. The molecule has 3 nitrogen and oxygen atoms in total. The number of carbonyl (C=O) groups is 1. The molecule has 0 rings (SSSR count). The van der Waals surface area contributed by atoms with Crippen molar-refractivity contribution < 1.29 is 4.79 Å². The van der Waals surface area contributed by atoms with Gasteiger partial charge in [-0.1, -0.05) is 6.08 Å². The molecule has 1 unspecified atom stereocenters. The van der Waals surface area contributed by atoms with E-state index in [1.54, 1.807) is 6.08 Å². The first kappa shape index (κ1) is 7.17. The lowest BCUT2D eigenvalue weighted by Gasteiger charge is -2.01. The standard InChI is InChI=1S/C5H10N2O/c1-2-5(6)3-7-4-8/h2,4-5H,1,3,6H2,(H,7,8). The fourth-order valence-electron chi connectivity index (χ4n) is 0.268. The monoisotopic (exact) mass is 114 g/mol. The zero-order valence-corrected chi connectivity index (χ0v) is 4.63. The molecular weight excluding hydrogens is 104 g/mol. The van der Waals surface area contributed by atoms with E-state index in [2.05, 4.69) is 11.9 Å². The molecule has 0 saturated heterocycles. The third kappa shape index (κ3) is 3.36. The van der Waals surface area contributed by atoms with Crippen molar-refractivity contribution in [3.05, 3.63) is 12.7 Å². The average molecular weight is 114 g/mol. The summed E-state index contributed by atoms with van der Waals surface area (Å²) in [7, 11) is 0. The minimum atomic E-state index is -0.125. The number of rotatable bonds is 4. The third-order valence-corrected chi connectivity index (χ3v) is 0.740. The van der Waals surface area contributed by atoms with Crippen LogP contribution in [-0.2, 0) is 4.79 Å². The summed E-state index contributed by atoms with van der Waals surface area (Å²) in [6.45, 7) is 3.90. The predicted octanol–water partition coefficient (Wildman–Crippen LogP) is -0.754. The highest BCUT2D eigenvalue weighted by Gasteiger charge is 1.90. The molecule has 0 bridgehead atoms. The second kappa shape index (κ2) is 4.33. The summed E-state index contributed by atoms with van der Waals surface area (Å²) >= 11 is 0. The zero-order chi connectivity index (χ0) is 6.41. The van der Waals surface area contributed by atoms with Crippen LogP contribution in [0.4, 0.5) is 0 Å². The van der Waals surface area contributed by atoms with Crippen LogP contribution in [0, 0.1) is 0 Å². The number of hydrogen-bond donors (Lipinski definition) is 2. The van der Waals surface area contributed by atoms with Gasteiger partial charge in [0.25, 0.3) is 0 Å². The van der Waals surface area contributed by atoms with E-state index < -0.39 is 0 Å². The summed E-state index contributed by atoms with van der Waals surface area (Å²) in [5.74, 6) is 0. The molecule has 0 aliphatic heterocycles. The lowest BCUT2D eigenvalue weighted by atomic mass is 10.3. The van der Waals surface area contributed by atoms with Gasteiger partial charge in [0.15, 0.2) is 0 Å². The van der Waals surface area contributed by atoms with Crippen molar-refractivity contribution in [2.45, 2.75) is 6.04 Å². The van der Waals surface area contributed by atoms with E-state index in [1.807, 2.05) is 0 Å². The lowest BCUT2D eigenvalue weighted by molar-refractivity contribution is -0.109. The SMILES string of the molecule is C=CC(N)CNC=O. The predicted molar refractivity (Wildman–Crippen MR) is 32.2 cm³/mol. The summed E-state index contributed by atoms with van der Waals surface area (Å²) in [6.07, 6.45) is 2.19. The molecule has 1 atom stereocenters. The van der Waals surface area contributed by atoms with Crippen molar-refractivity contribution in [3.63, 3.8) is 0 Å². The normalized spacial score (nSPS) is 12.1. The van der Waals surface area contributed by atoms with Crippen LogP contribution in [0.15, 0.2) is 12.7 Å². The molecule has 3 N–H and O–H groups in total. The molecule has 0 heterocycles. The molecular formula is C5H10N2O. The maximum atomic E-state index is 9.62. The van der Waals surface area contributed by atoms with Gasteiger partial charge >= 0.3 is 0 Å². The molecule has 0 aromatic heterocycles. The van der Waals surface area contributed by atoms with Gasteiger partial charge in [0.1, 0.15) is 0 Å². The average Bonchev–Trinajstić information content (AvgIpc) is 1.83. The number of carbonyl (C=O) groups excluding carboxylic acids is 1. The van der Waals surface area contributed by atoms with Crippen LogP contribution in [0.2, 0.25) is 0 Å². The van der Waals surface area contributed by atoms with Crippen LogP contribution < -0.4 is 11.1 Å². The first-order valence-electron chi connectivity index (χ1n) is 2.36. The van der Waals surface area contributed by atoms with Gasteiger partial charge in [0, 0.05) is 12.6 Å². The van der Waals surface area contributed by atoms with E-state index in [0.29, 0.717) is 13.0 Å². The summed E-state index contributed by atoms with van der Waals surface area (Å²) in [5, 5.41) is 2.42. The Labute approximate surface area is 48.6 Å². The smallest absolute Gasteiger partial charge is 0.207 e. The van der Waals surface area contributed by atoms with E-state index in [1.165, 1.54) is 0 Å². The van der Waals surface area contributed by atoms with E-state index in [4.69, 9.17) is 5.73 Å². The second-order valence-corrected chi connectivity index (χ2v) is 1.43. The molecule has 0 aromatic rings. The Bertz CT molecular complexity index is 82.5. The van der Waals surface area contributed by atoms with Crippen molar-refractivity contribution in [2.24, 2.45) is 5.73 Å². The number of nitrogens with two attached hydrogens (primary N) is 1. The molecule has 8 heavy (non-hydrogen) atoms. The van der Waals surface area contributed by atoms with E-state index in [0.717, 1.165) is 0 Å². The van der Waals surface area contributed by atoms with Crippen molar-refractivity contribution >= 4 is 6.41 Å². The Hall–Kier alpha value is -0.830. The Morgan fingerprint density at radius 2 is 2.50 bits per heavy atom. The van der Waals surface area contributed by atoms with Crippen molar-refractivity contribution in [1.29, 1.82) is 0 Å². The minimum Gasteiger partial charge on any atom is -0.357 e. The zero-order valence-electron chi connectivity index (χ0n) is 4.63. The molecule has 0 fully saturated rings. The van der Waals surface area contributed by atoms with Gasteiger partial charge in [-0.3, -0.25) is 4.79 Å². The quantitative estimate of drug-likeness (QED) is 0.373. The fourth-order valence-corrected chi connectivity index (χ4v) is 0.268. The van der Waals surface area contributed by atoms with Crippen molar-refractivity contribution in [1.82, 2.24) is 5.32 Å². The summed E-state index contributed by atoms with van der Waals surface area (Å²) in [6, 6.07) is -0.125. The van der Waals surface area contributed by atoms with Gasteiger partial charge in [-0.25, -0.2) is 0 Å². The van der Waals surface area contributed by atoms with Gasteiger partial charge in [-0.05, 0) is 0 Å². The number of nitrogens with one attached hydrogen (secondary N) is 1. The van der Waals surface area contributed by atoms with Crippen LogP contribution >= 0.6 is 0 Å². The molecule has 3 heteroatoms. The van der Waals surface area contributed by atoms with Gasteiger partial charge in [-0.15, -0.1) is 6.58 Å². The van der Waals surface area contributed by atoms with Gasteiger partial charge in [0.2, 0.25) is 6.41 Å². The molecule has 0 aromatic carbocycles. The third-order valence-electron chi connectivity index (χ3n) is 0.740. The van der Waals surface area contributed by atoms with Gasteiger partial charge in [-0.2, -0.15) is 0 Å². The highest BCUT2D eigenvalue weighted by molar-refractivity contribution is 5.45. The molecule has 0 saturated carbocycles. The Morgan fingerprint density at radius 1 is 1.88 bits per heavy atom. The maximum absolute atomic E-state index is 9.62. The Morgan fingerprint density at radius 3 is 2.88 bits per heavy atom. The van der Waals surface area contributed by atoms with Gasteiger partial charge in [0.05, 0.1) is 0 Å². The molecule has 0 aliphatic carbocycles.